The van der Waals surface area contributed by atoms with Gasteiger partial charge in [-0.25, -0.2) is 4.39 Å². The van der Waals surface area contributed by atoms with E-state index in [4.69, 9.17) is 12.2 Å². The van der Waals surface area contributed by atoms with E-state index in [2.05, 4.69) is 5.32 Å². The fourth-order valence-electron chi connectivity index (χ4n) is 3.23. The molecule has 0 bridgehead atoms. The monoisotopic (exact) mass is 414 g/mol. The van der Waals surface area contributed by atoms with Crippen LogP contribution in [-0.4, -0.2) is 34.9 Å². The molecule has 2 aromatic carbocycles. The maximum Gasteiger partial charge on any atom is 0.269 e. The number of allylic oxidation sites excluding steroid dienone is 1. The number of halogens is 1. The van der Waals surface area contributed by atoms with Gasteiger partial charge in [0.2, 0.25) is 0 Å². The lowest BCUT2D eigenvalue weighted by Gasteiger charge is -2.38. The van der Waals surface area contributed by atoms with Crippen molar-refractivity contribution >= 4 is 34.6 Å². The van der Waals surface area contributed by atoms with Crippen LogP contribution in [0.4, 0.5) is 15.8 Å². The molecular weight excluding hydrogens is 395 g/mol. The molecule has 2 aromatic rings. The molecule has 150 valence electrons. The van der Waals surface area contributed by atoms with Crippen LogP contribution in [0.2, 0.25) is 0 Å². The van der Waals surface area contributed by atoms with Gasteiger partial charge < -0.3 is 10.2 Å². The number of nitro groups is 1. The third kappa shape index (κ3) is 3.95. The molecule has 3 rings (SSSR count). The van der Waals surface area contributed by atoms with Crippen molar-refractivity contribution < 1.29 is 14.1 Å². The van der Waals surface area contributed by atoms with Crippen molar-refractivity contribution in [3.8, 4) is 0 Å². The summed E-state index contributed by atoms with van der Waals surface area (Å²) >= 11 is 5.51. The summed E-state index contributed by atoms with van der Waals surface area (Å²) < 4.78 is 13.4. The molecule has 0 saturated heterocycles. The second-order valence-corrected chi connectivity index (χ2v) is 7.13. The highest BCUT2D eigenvalue weighted by atomic mass is 32.1. The zero-order valence-electron chi connectivity index (χ0n) is 16.0. The van der Waals surface area contributed by atoms with Gasteiger partial charge in [0.1, 0.15) is 5.82 Å². The number of anilines is 1. The topological polar surface area (TPSA) is 78.7 Å². The predicted molar refractivity (Wildman–Crippen MR) is 112 cm³/mol. The van der Waals surface area contributed by atoms with Crippen LogP contribution in [0.25, 0.3) is 0 Å². The first-order valence-electron chi connectivity index (χ1n) is 8.73. The zero-order chi connectivity index (χ0) is 21.3. The van der Waals surface area contributed by atoms with Crippen LogP contribution < -0.4 is 10.2 Å². The van der Waals surface area contributed by atoms with Gasteiger partial charge in [-0.15, -0.1) is 0 Å². The Balaban J connectivity index is 2.16. The standard InChI is InChI=1S/C20H19FN4O3S/c1-12-17(19(26)23(2)3)18(13-5-4-6-16(11-13)25(27)28)22-20(29)24(12)15-9-7-14(21)8-10-15/h4-11,18H,1-3H3,(H,22,29)/t18-/m0/s1. The average Bonchev–Trinajstić information content (AvgIpc) is 2.68. The molecule has 7 nitrogen and oxygen atoms in total. The summed E-state index contributed by atoms with van der Waals surface area (Å²) in [6.07, 6.45) is 0. The van der Waals surface area contributed by atoms with Gasteiger partial charge >= 0.3 is 0 Å². The summed E-state index contributed by atoms with van der Waals surface area (Å²) in [5, 5.41) is 14.6. The number of nitrogens with one attached hydrogen (secondary N) is 1. The van der Waals surface area contributed by atoms with Crippen molar-refractivity contribution in [1.29, 1.82) is 0 Å². The van der Waals surface area contributed by atoms with E-state index < -0.39 is 11.0 Å². The van der Waals surface area contributed by atoms with Gasteiger partial charge in [-0.3, -0.25) is 19.8 Å². The number of benzene rings is 2. The number of carbonyl (C=O) groups is 1. The van der Waals surface area contributed by atoms with Crippen LogP contribution in [0.15, 0.2) is 59.8 Å². The minimum atomic E-state index is -0.658. The lowest BCUT2D eigenvalue weighted by Crippen LogP contribution is -2.49. The first-order chi connectivity index (χ1) is 13.7. The smallest absolute Gasteiger partial charge is 0.269 e. The number of rotatable bonds is 4. The highest BCUT2D eigenvalue weighted by Gasteiger charge is 2.35. The van der Waals surface area contributed by atoms with Crippen molar-refractivity contribution in [3.63, 3.8) is 0 Å². The normalized spacial score (nSPS) is 16.5. The number of hydrogen-bond acceptors (Lipinski definition) is 4. The van der Waals surface area contributed by atoms with Gasteiger partial charge in [0.05, 0.1) is 16.5 Å². The van der Waals surface area contributed by atoms with E-state index in [1.807, 2.05) is 0 Å². The Morgan fingerprint density at radius 2 is 1.90 bits per heavy atom. The second-order valence-electron chi connectivity index (χ2n) is 6.75. The lowest BCUT2D eigenvalue weighted by atomic mass is 9.93. The zero-order valence-corrected chi connectivity index (χ0v) is 16.9. The molecule has 1 atom stereocenters. The van der Waals surface area contributed by atoms with E-state index >= 15 is 0 Å². The number of amides is 1. The predicted octanol–water partition coefficient (Wildman–Crippen LogP) is 3.53. The van der Waals surface area contributed by atoms with Crippen LogP contribution >= 0.6 is 12.2 Å². The van der Waals surface area contributed by atoms with Gasteiger partial charge in [-0.05, 0) is 49.0 Å². The summed E-state index contributed by atoms with van der Waals surface area (Å²) in [5.74, 6) is -0.647. The molecule has 29 heavy (non-hydrogen) atoms. The van der Waals surface area contributed by atoms with E-state index in [9.17, 15) is 19.3 Å². The Morgan fingerprint density at radius 1 is 1.24 bits per heavy atom. The third-order valence-corrected chi connectivity index (χ3v) is 4.92. The van der Waals surface area contributed by atoms with Crippen molar-refractivity contribution in [1.82, 2.24) is 10.2 Å². The van der Waals surface area contributed by atoms with Gasteiger partial charge in [0.15, 0.2) is 5.11 Å². The molecule has 0 spiro atoms. The first-order valence-corrected chi connectivity index (χ1v) is 9.14. The molecule has 9 heteroatoms. The van der Waals surface area contributed by atoms with Crippen LogP contribution in [-0.2, 0) is 4.79 Å². The van der Waals surface area contributed by atoms with Gasteiger partial charge in [-0.2, -0.15) is 0 Å². The van der Waals surface area contributed by atoms with Crippen LogP contribution in [0.1, 0.15) is 18.5 Å². The molecule has 1 amide bonds. The largest absolute Gasteiger partial charge is 0.351 e. The fraction of sp³-hybridized carbons (Fsp3) is 0.200. The number of carbonyl (C=O) groups excluding carboxylic acids is 1. The number of nitro benzene ring substituents is 1. The molecule has 0 aliphatic carbocycles. The van der Waals surface area contributed by atoms with Crippen molar-refractivity contribution in [2.24, 2.45) is 0 Å². The Labute approximate surface area is 172 Å². The van der Waals surface area contributed by atoms with E-state index in [1.54, 1.807) is 50.2 Å². The minimum Gasteiger partial charge on any atom is -0.351 e. The van der Waals surface area contributed by atoms with Gasteiger partial charge in [-0.1, -0.05) is 12.1 Å². The maximum atomic E-state index is 13.4. The molecule has 0 saturated carbocycles. The highest BCUT2D eigenvalue weighted by molar-refractivity contribution is 7.80. The maximum absolute atomic E-state index is 13.4. The number of nitrogens with zero attached hydrogens (tertiary/aromatic N) is 3. The molecule has 0 radical (unpaired) electrons. The molecular formula is C20H19FN4O3S. The number of thiocarbonyl (C=S) groups is 1. The quantitative estimate of drug-likeness (QED) is 0.468. The molecule has 1 aliphatic heterocycles. The van der Waals surface area contributed by atoms with Crippen LogP contribution in [0.5, 0.6) is 0 Å². The third-order valence-electron chi connectivity index (χ3n) is 4.62. The van der Waals surface area contributed by atoms with E-state index in [0.29, 0.717) is 27.6 Å². The molecule has 0 unspecified atom stereocenters. The number of non-ortho nitro benzene ring substituents is 1. The molecule has 1 aliphatic rings. The number of hydrogen-bond donors (Lipinski definition) is 1. The summed E-state index contributed by atoms with van der Waals surface area (Å²) in [6.45, 7) is 1.75. The molecule has 0 aromatic heterocycles. The Bertz CT molecular complexity index is 1020. The van der Waals surface area contributed by atoms with E-state index in [1.165, 1.54) is 29.2 Å². The van der Waals surface area contributed by atoms with Crippen molar-refractivity contribution in [3.05, 3.63) is 81.3 Å². The molecule has 0 fully saturated rings. The molecule has 1 N–H and O–H groups in total. The highest BCUT2D eigenvalue weighted by Crippen LogP contribution is 2.35. The Morgan fingerprint density at radius 3 is 2.48 bits per heavy atom. The van der Waals surface area contributed by atoms with Crippen LogP contribution in [0, 0.1) is 15.9 Å². The second kappa shape index (κ2) is 7.96. The van der Waals surface area contributed by atoms with E-state index in [-0.39, 0.29) is 17.4 Å². The fourth-order valence-corrected chi connectivity index (χ4v) is 3.59. The van der Waals surface area contributed by atoms with Crippen LogP contribution in [0.3, 0.4) is 0 Å². The van der Waals surface area contributed by atoms with E-state index in [0.717, 1.165) is 0 Å². The SMILES string of the molecule is CC1=C(C(=O)N(C)C)[C@H](c2cccc([N+](=O)[O-])c2)NC(=S)N1c1ccc(F)cc1. The van der Waals surface area contributed by atoms with Gasteiger partial charge in [0, 0.05) is 37.6 Å². The Kier molecular flexibility index (Phi) is 5.60. The van der Waals surface area contributed by atoms with Gasteiger partial charge in [0.25, 0.3) is 11.6 Å². The number of likely N-dealkylation sites (N-methyl/N-ethyl adjacent to an activating group) is 1. The average molecular weight is 414 g/mol. The van der Waals surface area contributed by atoms with Crippen molar-refractivity contribution in [2.75, 3.05) is 19.0 Å². The Hall–Kier alpha value is -3.33. The summed E-state index contributed by atoms with van der Waals surface area (Å²) in [4.78, 5) is 26.8. The van der Waals surface area contributed by atoms with Crippen molar-refractivity contribution in [2.45, 2.75) is 13.0 Å². The molecule has 1 heterocycles. The summed E-state index contributed by atoms with van der Waals surface area (Å²) in [7, 11) is 3.25. The first kappa shape index (κ1) is 20.4. The minimum absolute atomic E-state index is 0.0783. The lowest BCUT2D eigenvalue weighted by molar-refractivity contribution is -0.384. The summed E-state index contributed by atoms with van der Waals surface area (Å²) in [6, 6.07) is 11.2. The summed E-state index contributed by atoms with van der Waals surface area (Å²) in [5.41, 5.74) is 2.03.